The zero-order valence-corrected chi connectivity index (χ0v) is 28.1. The highest BCUT2D eigenvalue weighted by Crippen LogP contribution is 2.40. The summed E-state index contributed by atoms with van der Waals surface area (Å²) in [6, 6.07) is 9.65. The average Bonchev–Trinajstić information content (AvgIpc) is 3.73. The van der Waals surface area contributed by atoms with E-state index in [9.17, 15) is 22.0 Å². The maximum Gasteiger partial charge on any atom is 0.330 e. The first-order valence-electron chi connectivity index (χ1n) is 15.5. The Morgan fingerprint density at radius 2 is 1.80 bits per heavy atom. The minimum Gasteiger partial charge on any atom is -0.367 e. The first-order chi connectivity index (χ1) is 23.3. The number of hydrogen-bond acceptors (Lipinski definition) is 8. The summed E-state index contributed by atoms with van der Waals surface area (Å²) in [5.41, 5.74) is 0.964. The first kappa shape index (κ1) is 34.1. The lowest BCUT2D eigenvalue weighted by molar-refractivity contribution is -0.205. The SMILES string of the molecule is COCN(c1cccc(-c2nn(C3CCN(OC(=O)C(C)(C)C)CC3)cc2-c2ccnc3[nH]ccc23)c1F)S(=O)(=O)c1cc(F)ccc1F. The molecule has 0 unspecified atom stereocenters. The molecule has 1 fully saturated rings. The normalized spacial score (nSPS) is 14.8. The molecule has 0 spiro atoms. The number of rotatable bonds is 9. The topological polar surface area (TPSA) is 123 Å². The van der Waals surface area contributed by atoms with Crippen LogP contribution in [-0.4, -0.2) is 66.1 Å². The second-order valence-electron chi connectivity index (χ2n) is 12.7. The van der Waals surface area contributed by atoms with Crippen LogP contribution in [0.25, 0.3) is 33.4 Å². The Bertz CT molecular complexity index is 2120. The number of aromatic nitrogens is 4. The van der Waals surface area contributed by atoms with Crippen LogP contribution in [0, 0.1) is 22.9 Å². The van der Waals surface area contributed by atoms with Gasteiger partial charge in [-0.25, -0.2) is 35.7 Å². The number of halogens is 3. The number of sulfonamides is 1. The van der Waals surface area contributed by atoms with Gasteiger partial charge in [-0.05, 0) is 81.6 Å². The minimum atomic E-state index is -4.83. The van der Waals surface area contributed by atoms with Crippen molar-refractivity contribution in [2.45, 2.75) is 44.6 Å². The number of hydrogen-bond donors (Lipinski definition) is 1. The number of carbonyl (C=O) groups is 1. The number of pyridine rings is 1. The van der Waals surface area contributed by atoms with Gasteiger partial charge in [0.05, 0.1) is 17.1 Å². The summed E-state index contributed by atoms with van der Waals surface area (Å²) >= 11 is 0. The molecule has 1 N–H and O–H groups in total. The third kappa shape index (κ3) is 6.65. The van der Waals surface area contributed by atoms with Crippen LogP contribution >= 0.6 is 0 Å². The van der Waals surface area contributed by atoms with Crippen LogP contribution in [0.3, 0.4) is 0 Å². The van der Waals surface area contributed by atoms with E-state index < -0.39 is 50.2 Å². The van der Waals surface area contributed by atoms with Gasteiger partial charge < -0.3 is 14.6 Å². The van der Waals surface area contributed by atoms with Crippen LogP contribution in [0.5, 0.6) is 0 Å². The van der Waals surface area contributed by atoms with Crippen molar-refractivity contribution in [2.75, 3.05) is 31.2 Å². The van der Waals surface area contributed by atoms with Gasteiger partial charge in [0, 0.05) is 55.3 Å². The van der Waals surface area contributed by atoms with Gasteiger partial charge in [-0.2, -0.15) is 5.10 Å². The van der Waals surface area contributed by atoms with E-state index in [-0.39, 0.29) is 23.3 Å². The van der Waals surface area contributed by atoms with Crippen molar-refractivity contribution in [2.24, 2.45) is 5.41 Å². The molecule has 1 saturated heterocycles. The smallest absolute Gasteiger partial charge is 0.330 e. The third-order valence-electron chi connectivity index (χ3n) is 8.31. The lowest BCUT2D eigenvalue weighted by Crippen LogP contribution is -2.39. The van der Waals surface area contributed by atoms with Gasteiger partial charge in [0.25, 0.3) is 10.0 Å². The Balaban J connectivity index is 1.43. The number of piperidine rings is 1. The van der Waals surface area contributed by atoms with E-state index in [0.29, 0.717) is 59.1 Å². The van der Waals surface area contributed by atoms with Gasteiger partial charge in [0.2, 0.25) is 0 Å². The summed E-state index contributed by atoms with van der Waals surface area (Å²) < 4.78 is 80.3. The van der Waals surface area contributed by atoms with Crippen molar-refractivity contribution in [3.05, 3.63) is 84.6 Å². The molecule has 1 aliphatic rings. The molecule has 1 aliphatic heterocycles. The second kappa shape index (κ2) is 13.3. The van der Waals surface area contributed by atoms with Gasteiger partial charge in [-0.3, -0.25) is 4.68 Å². The summed E-state index contributed by atoms with van der Waals surface area (Å²) in [7, 11) is -3.63. The van der Waals surface area contributed by atoms with Gasteiger partial charge in [0.15, 0.2) is 5.82 Å². The number of nitrogens with one attached hydrogen (secondary N) is 1. The number of anilines is 1. The predicted molar refractivity (Wildman–Crippen MR) is 176 cm³/mol. The number of hydroxylamine groups is 2. The summed E-state index contributed by atoms with van der Waals surface area (Å²) in [5.74, 6) is -3.47. The Hall–Kier alpha value is -4.73. The molecule has 0 saturated carbocycles. The third-order valence-corrected chi connectivity index (χ3v) is 10.1. The van der Waals surface area contributed by atoms with E-state index in [1.165, 1.54) is 25.3 Å². The van der Waals surface area contributed by atoms with E-state index in [1.807, 2.05) is 12.3 Å². The van der Waals surface area contributed by atoms with Crippen LogP contribution in [-0.2, 0) is 24.4 Å². The summed E-state index contributed by atoms with van der Waals surface area (Å²) in [5, 5.41) is 7.26. The molecule has 0 bridgehead atoms. The number of carbonyl (C=O) groups excluding carboxylic acids is 1. The van der Waals surface area contributed by atoms with Gasteiger partial charge >= 0.3 is 5.97 Å². The molecule has 6 rings (SSSR count). The summed E-state index contributed by atoms with van der Waals surface area (Å²) in [4.78, 5) is 24.5. The molecule has 258 valence electrons. The highest BCUT2D eigenvalue weighted by molar-refractivity contribution is 7.92. The number of fused-ring (bicyclic) bond motifs is 1. The van der Waals surface area contributed by atoms with Crippen molar-refractivity contribution >= 4 is 32.7 Å². The first-order valence-corrected chi connectivity index (χ1v) is 17.0. The lowest BCUT2D eigenvalue weighted by Gasteiger charge is -2.32. The fourth-order valence-corrected chi connectivity index (χ4v) is 7.15. The van der Waals surface area contributed by atoms with Crippen LogP contribution in [0.2, 0.25) is 0 Å². The Kier molecular flexibility index (Phi) is 9.26. The number of H-pyrrole nitrogens is 1. The number of benzene rings is 2. The fourth-order valence-electron chi connectivity index (χ4n) is 5.70. The quantitative estimate of drug-likeness (QED) is 0.175. The molecule has 0 aliphatic carbocycles. The molecule has 4 heterocycles. The van der Waals surface area contributed by atoms with Crippen molar-refractivity contribution in [3.8, 4) is 22.4 Å². The maximum absolute atomic E-state index is 16.8. The largest absolute Gasteiger partial charge is 0.367 e. The number of nitrogens with zero attached hydrogens (tertiary/aromatic N) is 5. The van der Waals surface area contributed by atoms with Crippen LogP contribution in [0.4, 0.5) is 18.9 Å². The Morgan fingerprint density at radius 1 is 1.04 bits per heavy atom. The van der Waals surface area contributed by atoms with Gasteiger partial charge in [-0.1, -0.05) is 6.07 Å². The zero-order chi connectivity index (χ0) is 35.1. The van der Waals surface area contributed by atoms with Crippen molar-refractivity contribution in [3.63, 3.8) is 0 Å². The molecule has 0 amide bonds. The predicted octanol–water partition coefficient (Wildman–Crippen LogP) is 6.45. The van der Waals surface area contributed by atoms with Crippen molar-refractivity contribution in [1.82, 2.24) is 24.8 Å². The van der Waals surface area contributed by atoms with Crippen molar-refractivity contribution in [1.29, 1.82) is 0 Å². The highest BCUT2D eigenvalue weighted by atomic mass is 32.2. The monoisotopic (exact) mass is 696 g/mol. The second-order valence-corrected chi connectivity index (χ2v) is 14.6. The number of methoxy groups -OCH3 is 1. The van der Waals surface area contributed by atoms with Gasteiger partial charge in [-0.15, -0.1) is 5.06 Å². The van der Waals surface area contributed by atoms with E-state index >= 15 is 4.39 Å². The zero-order valence-electron chi connectivity index (χ0n) is 27.3. The minimum absolute atomic E-state index is 0.0284. The molecule has 0 atom stereocenters. The molecule has 11 nitrogen and oxygen atoms in total. The maximum atomic E-state index is 16.8. The Morgan fingerprint density at radius 3 is 2.51 bits per heavy atom. The van der Waals surface area contributed by atoms with E-state index in [2.05, 4.69) is 9.97 Å². The number of ether oxygens (including phenoxy) is 1. The summed E-state index contributed by atoms with van der Waals surface area (Å²) in [6.45, 7) is 5.58. The van der Waals surface area contributed by atoms with Crippen LogP contribution < -0.4 is 4.31 Å². The standard InChI is InChI=1S/C34H35F3N6O5S/c1-34(2,3)33(44)48-41-16-12-22(13-17-41)42-19-26(23-10-14-38-32-24(23)11-15-39-32)31(40-42)25-6-5-7-28(30(25)37)43(20-47-4)49(45,46)29-18-21(35)8-9-27(29)36/h5-11,14-15,18-19,22H,12-13,16-17,20H2,1-4H3,(H,38,39). The van der Waals surface area contributed by atoms with Crippen LogP contribution in [0.15, 0.2) is 72.0 Å². The van der Waals surface area contributed by atoms with E-state index in [0.717, 1.165) is 11.5 Å². The Labute approximate surface area is 281 Å². The lowest BCUT2D eigenvalue weighted by atomic mass is 9.98. The van der Waals surface area contributed by atoms with E-state index in [1.54, 1.807) is 49.0 Å². The van der Waals surface area contributed by atoms with E-state index in [4.69, 9.17) is 14.7 Å². The fraction of sp³-hybridized carbons (Fsp3) is 0.324. The molecule has 3 aromatic heterocycles. The molecular weight excluding hydrogens is 661 g/mol. The van der Waals surface area contributed by atoms with Gasteiger partial charge in [0.1, 0.15) is 34.6 Å². The summed E-state index contributed by atoms with van der Waals surface area (Å²) in [6.07, 6.45) is 6.33. The molecular formula is C34H35F3N6O5S. The molecule has 5 aromatic rings. The molecule has 49 heavy (non-hydrogen) atoms. The number of aromatic amines is 1. The van der Waals surface area contributed by atoms with Crippen molar-refractivity contribution < 1.29 is 36.0 Å². The molecule has 15 heteroatoms. The average molecular weight is 697 g/mol. The molecule has 0 radical (unpaired) electrons. The molecule has 2 aromatic carbocycles. The highest BCUT2D eigenvalue weighted by Gasteiger charge is 2.33. The van der Waals surface area contributed by atoms with Crippen LogP contribution in [0.1, 0.15) is 39.7 Å².